The number of hydrogen-bond donors (Lipinski definition) is 0. The fourth-order valence-corrected chi connectivity index (χ4v) is 3.81. The molecule has 6 nitrogen and oxygen atoms in total. The molecule has 1 atom stereocenters. The molecule has 1 unspecified atom stereocenters. The van der Waals surface area contributed by atoms with E-state index in [4.69, 9.17) is 9.15 Å². The van der Waals surface area contributed by atoms with Crippen molar-refractivity contribution in [2.24, 2.45) is 5.92 Å². The van der Waals surface area contributed by atoms with Gasteiger partial charge in [-0.1, -0.05) is 23.8 Å². The predicted molar refractivity (Wildman–Crippen MR) is 106 cm³/mol. The molecule has 1 aliphatic heterocycles. The number of oxazole rings is 1. The molecule has 0 N–H and O–H groups in total. The number of esters is 1. The van der Waals surface area contributed by atoms with Gasteiger partial charge in [-0.15, -0.1) is 11.3 Å². The average molecular weight is 396 g/mol. The maximum absolute atomic E-state index is 12.5. The number of amides is 1. The van der Waals surface area contributed by atoms with Crippen molar-refractivity contribution in [3.05, 3.63) is 58.8 Å². The van der Waals surface area contributed by atoms with E-state index < -0.39 is 5.92 Å². The maximum Gasteiger partial charge on any atom is 0.311 e. The van der Waals surface area contributed by atoms with Crippen LogP contribution in [0.25, 0.3) is 10.8 Å². The van der Waals surface area contributed by atoms with Gasteiger partial charge in [-0.3, -0.25) is 9.59 Å². The van der Waals surface area contributed by atoms with Crippen LogP contribution in [0.15, 0.2) is 46.2 Å². The first kappa shape index (κ1) is 18.4. The lowest BCUT2D eigenvalue weighted by molar-refractivity contribution is -0.149. The Morgan fingerprint density at radius 3 is 2.79 bits per heavy atom. The Morgan fingerprint density at radius 2 is 2.07 bits per heavy atom. The number of benzene rings is 1. The molecule has 7 heteroatoms. The van der Waals surface area contributed by atoms with E-state index in [1.54, 1.807) is 11.8 Å². The summed E-state index contributed by atoms with van der Waals surface area (Å²) in [6.45, 7) is 4.16. The summed E-state index contributed by atoms with van der Waals surface area (Å²) >= 11 is 1.54. The Labute approximate surface area is 166 Å². The first-order valence-electron chi connectivity index (χ1n) is 9.05. The molecule has 0 spiro atoms. The molecule has 1 fully saturated rings. The molecule has 28 heavy (non-hydrogen) atoms. The van der Waals surface area contributed by atoms with Crippen LogP contribution >= 0.6 is 11.3 Å². The first-order valence-corrected chi connectivity index (χ1v) is 9.93. The number of anilines is 1. The van der Waals surface area contributed by atoms with Crippen molar-refractivity contribution < 1.29 is 18.7 Å². The fraction of sp³-hybridized carbons (Fsp3) is 0.286. The van der Waals surface area contributed by atoms with Crippen LogP contribution in [0.5, 0.6) is 0 Å². The highest BCUT2D eigenvalue weighted by atomic mass is 32.1. The summed E-state index contributed by atoms with van der Waals surface area (Å²) in [5.74, 6) is 0.226. The van der Waals surface area contributed by atoms with Gasteiger partial charge in [0.15, 0.2) is 0 Å². The number of nitrogens with zero attached hydrogens (tertiary/aromatic N) is 2. The highest BCUT2D eigenvalue weighted by Crippen LogP contribution is 2.28. The Balaban J connectivity index is 1.38. The van der Waals surface area contributed by atoms with Crippen molar-refractivity contribution in [3.63, 3.8) is 0 Å². The molecule has 1 aromatic carbocycles. The number of rotatable bonds is 5. The number of ether oxygens (including phenoxy) is 1. The van der Waals surface area contributed by atoms with E-state index in [1.807, 2.05) is 48.7 Å². The largest absolute Gasteiger partial charge is 0.459 e. The van der Waals surface area contributed by atoms with E-state index in [2.05, 4.69) is 4.98 Å². The smallest absolute Gasteiger partial charge is 0.311 e. The van der Waals surface area contributed by atoms with E-state index in [0.717, 1.165) is 16.1 Å². The second-order valence-corrected chi connectivity index (χ2v) is 7.80. The molecule has 0 bridgehead atoms. The van der Waals surface area contributed by atoms with Crippen LogP contribution in [0.1, 0.15) is 23.4 Å². The molecular weight excluding hydrogens is 376 g/mol. The van der Waals surface area contributed by atoms with Crippen molar-refractivity contribution in [2.75, 3.05) is 11.4 Å². The molecule has 3 heterocycles. The molecule has 1 saturated heterocycles. The van der Waals surface area contributed by atoms with Crippen molar-refractivity contribution >= 4 is 28.9 Å². The second-order valence-electron chi connectivity index (χ2n) is 6.85. The first-order chi connectivity index (χ1) is 13.5. The molecule has 2 aromatic heterocycles. The van der Waals surface area contributed by atoms with E-state index in [0.29, 0.717) is 23.9 Å². The normalized spacial score (nSPS) is 16.6. The van der Waals surface area contributed by atoms with E-state index in [9.17, 15) is 9.59 Å². The summed E-state index contributed by atoms with van der Waals surface area (Å²) in [6, 6.07) is 11.5. The topological polar surface area (TPSA) is 72.6 Å². The number of carbonyl (C=O) groups is 2. The number of thiophene rings is 1. The zero-order chi connectivity index (χ0) is 19.7. The van der Waals surface area contributed by atoms with Gasteiger partial charge in [-0.25, -0.2) is 4.98 Å². The van der Waals surface area contributed by atoms with Gasteiger partial charge in [-0.05, 0) is 37.4 Å². The summed E-state index contributed by atoms with van der Waals surface area (Å²) in [7, 11) is 0. The molecule has 0 saturated carbocycles. The van der Waals surface area contributed by atoms with Crippen LogP contribution in [0, 0.1) is 19.8 Å². The minimum absolute atomic E-state index is 0.0365. The lowest BCUT2D eigenvalue weighted by atomic mass is 10.1. The van der Waals surface area contributed by atoms with Crippen LogP contribution < -0.4 is 4.90 Å². The quantitative estimate of drug-likeness (QED) is 0.607. The highest BCUT2D eigenvalue weighted by Gasteiger charge is 2.36. The van der Waals surface area contributed by atoms with Crippen LogP contribution in [-0.4, -0.2) is 23.4 Å². The number of aryl methyl sites for hydroxylation is 2. The van der Waals surface area contributed by atoms with Crippen molar-refractivity contribution in [1.82, 2.24) is 4.98 Å². The summed E-state index contributed by atoms with van der Waals surface area (Å²) in [5, 5.41) is 1.95. The lowest BCUT2D eigenvalue weighted by Gasteiger charge is -2.16. The van der Waals surface area contributed by atoms with Gasteiger partial charge in [0.25, 0.3) is 0 Å². The summed E-state index contributed by atoms with van der Waals surface area (Å²) in [5.41, 5.74) is 2.52. The maximum atomic E-state index is 12.5. The Hall–Kier alpha value is -2.93. The minimum atomic E-state index is -0.474. The molecule has 3 aromatic rings. The second kappa shape index (κ2) is 7.59. The third-order valence-electron chi connectivity index (χ3n) is 4.78. The van der Waals surface area contributed by atoms with Gasteiger partial charge < -0.3 is 14.1 Å². The summed E-state index contributed by atoms with van der Waals surface area (Å²) in [6.07, 6.45) is 0.158. The summed E-state index contributed by atoms with van der Waals surface area (Å²) < 4.78 is 11.1. The molecular formula is C21H20N2O4S. The Bertz CT molecular complexity index is 992. The molecule has 1 aliphatic rings. The number of carbonyl (C=O) groups excluding carboxylic acids is 2. The van der Waals surface area contributed by atoms with E-state index >= 15 is 0 Å². The highest BCUT2D eigenvalue weighted by molar-refractivity contribution is 7.13. The van der Waals surface area contributed by atoms with Crippen LogP contribution in [-0.2, 0) is 20.9 Å². The standard InChI is InChI=1S/C21H20N2O4S/c1-13-5-7-16(8-6-13)23-11-15(10-19(23)24)21(25)26-12-17-14(2)27-20(22-17)18-4-3-9-28-18/h3-9,15H,10-12H2,1-2H3. The average Bonchev–Trinajstić information content (AvgIpc) is 3.41. The predicted octanol–water partition coefficient (Wildman–Crippen LogP) is 4.12. The fourth-order valence-electron chi connectivity index (χ4n) is 3.16. The van der Waals surface area contributed by atoms with Gasteiger partial charge in [0.2, 0.25) is 11.8 Å². The molecule has 0 radical (unpaired) electrons. The zero-order valence-electron chi connectivity index (χ0n) is 15.7. The monoisotopic (exact) mass is 396 g/mol. The Kier molecular flexibility index (Phi) is 5.00. The Morgan fingerprint density at radius 1 is 1.29 bits per heavy atom. The van der Waals surface area contributed by atoms with Gasteiger partial charge >= 0.3 is 5.97 Å². The van der Waals surface area contributed by atoms with E-state index in [-0.39, 0.29) is 24.9 Å². The van der Waals surface area contributed by atoms with Crippen LogP contribution in [0.3, 0.4) is 0 Å². The summed E-state index contributed by atoms with van der Waals surface area (Å²) in [4.78, 5) is 31.8. The number of aromatic nitrogens is 1. The third kappa shape index (κ3) is 3.71. The minimum Gasteiger partial charge on any atom is -0.459 e. The number of hydrogen-bond acceptors (Lipinski definition) is 6. The third-order valence-corrected chi connectivity index (χ3v) is 5.64. The SMILES string of the molecule is Cc1ccc(N2CC(C(=O)OCc3nc(-c4cccs4)oc3C)CC2=O)cc1. The molecule has 1 amide bonds. The van der Waals surface area contributed by atoms with Crippen molar-refractivity contribution in [3.8, 4) is 10.8 Å². The lowest BCUT2D eigenvalue weighted by Crippen LogP contribution is -2.26. The van der Waals surface area contributed by atoms with Crippen molar-refractivity contribution in [2.45, 2.75) is 26.9 Å². The van der Waals surface area contributed by atoms with E-state index in [1.165, 1.54) is 11.3 Å². The molecule has 144 valence electrons. The van der Waals surface area contributed by atoms with Gasteiger partial charge in [-0.2, -0.15) is 0 Å². The molecule has 0 aliphatic carbocycles. The van der Waals surface area contributed by atoms with Gasteiger partial charge in [0, 0.05) is 18.7 Å². The van der Waals surface area contributed by atoms with Gasteiger partial charge in [0.1, 0.15) is 18.1 Å². The van der Waals surface area contributed by atoms with Gasteiger partial charge in [0.05, 0.1) is 10.8 Å². The zero-order valence-corrected chi connectivity index (χ0v) is 16.5. The van der Waals surface area contributed by atoms with Crippen molar-refractivity contribution in [1.29, 1.82) is 0 Å². The molecule has 4 rings (SSSR count). The van der Waals surface area contributed by atoms with Crippen LogP contribution in [0.2, 0.25) is 0 Å². The van der Waals surface area contributed by atoms with Crippen LogP contribution in [0.4, 0.5) is 5.69 Å².